The monoisotopic (exact) mass is 236 g/mol. The van der Waals surface area contributed by atoms with Crippen molar-refractivity contribution in [3.63, 3.8) is 0 Å². The van der Waals surface area contributed by atoms with E-state index in [9.17, 15) is 5.11 Å². The Hall–Kier alpha value is -2.28. The standard InChI is InChI=1S/C17H16O/c1-14-6-5-9-16(12-14)13-17(18)11-10-15-7-3-2-4-8-15/h2-13,18H,1H3. The van der Waals surface area contributed by atoms with Gasteiger partial charge < -0.3 is 5.11 Å². The summed E-state index contributed by atoms with van der Waals surface area (Å²) in [6, 6.07) is 17.9. The number of aliphatic hydroxyl groups excluding tert-OH is 1. The molecule has 0 heterocycles. The lowest BCUT2D eigenvalue weighted by atomic mass is 10.1. The number of benzene rings is 2. The van der Waals surface area contributed by atoms with Gasteiger partial charge in [0.2, 0.25) is 0 Å². The first-order valence-electron chi connectivity index (χ1n) is 5.94. The summed E-state index contributed by atoms with van der Waals surface area (Å²) in [5.41, 5.74) is 3.26. The third kappa shape index (κ3) is 3.63. The van der Waals surface area contributed by atoms with Gasteiger partial charge in [0.25, 0.3) is 0 Å². The van der Waals surface area contributed by atoms with Gasteiger partial charge in [-0.05, 0) is 30.2 Å². The average Bonchev–Trinajstić information content (AvgIpc) is 2.38. The molecule has 0 aliphatic rings. The van der Waals surface area contributed by atoms with Gasteiger partial charge in [0.1, 0.15) is 5.76 Å². The Morgan fingerprint density at radius 1 is 0.944 bits per heavy atom. The molecule has 1 heteroatoms. The second-order valence-corrected chi connectivity index (χ2v) is 4.23. The Kier molecular flexibility index (Phi) is 3.98. The summed E-state index contributed by atoms with van der Waals surface area (Å²) in [4.78, 5) is 0. The van der Waals surface area contributed by atoms with Crippen LogP contribution in [0.4, 0.5) is 0 Å². The van der Waals surface area contributed by atoms with Crippen LogP contribution in [-0.2, 0) is 0 Å². The van der Waals surface area contributed by atoms with Gasteiger partial charge in [-0.2, -0.15) is 0 Å². The molecule has 0 fully saturated rings. The molecular weight excluding hydrogens is 220 g/mol. The van der Waals surface area contributed by atoms with Crippen molar-refractivity contribution in [2.24, 2.45) is 0 Å². The van der Waals surface area contributed by atoms with Gasteiger partial charge in [-0.3, -0.25) is 0 Å². The fraction of sp³-hybridized carbons (Fsp3) is 0.0588. The van der Waals surface area contributed by atoms with Crippen molar-refractivity contribution in [3.8, 4) is 0 Å². The number of hydrogen-bond acceptors (Lipinski definition) is 1. The van der Waals surface area contributed by atoms with Crippen molar-refractivity contribution in [1.29, 1.82) is 0 Å². The first-order valence-corrected chi connectivity index (χ1v) is 5.94. The molecule has 0 aromatic heterocycles. The summed E-state index contributed by atoms with van der Waals surface area (Å²) < 4.78 is 0. The van der Waals surface area contributed by atoms with E-state index < -0.39 is 0 Å². The van der Waals surface area contributed by atoms with Crippen LogP contribution in [-0.4, -0.2) is 5.11 Å². The minimum atomic E-state index is 0.254. The molecule has 18 heavy (non-hydrogen) atoms. The lowest BCUT2D eigenvalue weighted by molar-refractivity contribution is 0.438. The maximum atomic E-state index is 9.83. The highest BCUT2D eigenvalue weighted by Crippen LogP contribution is 2.10. The summed E-state index contributed by atoms with van der Waals surface area (Å²) >= 11 is 0. The number of aryl methyl sites for hydroxylation is 1. The number of rotatable bonds is 3. The molecule has 0 spiro atoms. The second-order valence-electron chi connectivity index (χ2n) is 4.23. The van der Waals surface area contributed by atoms with Crippen LogP contribution in [0, 0.1) is 6.92 Å². The van der Waals surface area contributed by atoms with Crippen molar-refractivity contribution >= 4 is 12.2 Å². The number of hydrogen-bond donors (Lipinski definition) is 1. The van der Waals surface area contributed by atoms with Gasteiger partial charge in [-0.15, -0.1) is 0 Å². The molecule has 0 amide bonds. The minimum absolute atomic E-state index is 0.254. The summed E-state index contributed by atoms with van der Waals surface area (Å²) in [5.74, 6) is 0.254. The zero-order valence-electron chi connectivity index (χ0n) is 10.4. The fourth-order valence-corrected chi connectivity index (χ4v) is 1.72. The highest BCUT2D eigenvalue weighted by Gasteiger charge is 1.91. The number of aliphatic hydroxyl groups is 1. The topological polar surface area (TPSA) is 20.2 Å². The quantitative estimate of drug-likeness (QED) is 0.609. The first kappa shape index (κ1) is 12.2. The SMILES string of the molecule is Cc1cccc(C=C(O)C=Cc2ccccc2)c1. The van der Waals surface area contributed by atoms with E-state index in [1.54, 1.807) is 12.2 Å². The van der Waals surface area contributed by atoms with Crippen LogP contribution < -0.4 is 0 Å². The van der Waals surface area contributed by atoms with Crippen LogP contribution >= 0.6 is 0 Å². The van der Waals surface area contributed by atoms with Gasteiger partial charge in [-0.25, -0.2) is 0 Å². The second kappa shape index (κ2) is 5.87. The zero-order valence-corrected chi connectivity index (χ0v) is 10.4. The molecule has 2 rings (SSSR count). The summed E-state index contributed by atoms with van der Waals surface area (Å²) in [5, 5.41) is 9.83. The van der Waals surface area contributed by atoms with E-state index in [1.807, 2.05) is 67.6 Å². The van der Waals surface area contributed by atoms with Crippen molar-refractivity contribution in [3.05, 3.63) is 83.1 Å². The van der Waals surface area contributed by atoms with Gasteiger partial charge in [0.15, 0.2) is 0 Å². The molecule has 90 valence electrons. The van der Waals surface area contributed by atoms with E-state index in [1.165, 1.54) is 5.56 Å². The molecule has 1 N–H and O–H groups in total. The van der Waals surface area contributed by atoms with Crippen LogP contribution in [0.25, 0.3) is 12.2 Å². The summed E-state index contributed by atoms with van der Waals surface area (Å²) in [6.45, 7) is 2.04. The lowest BCUT2D eigenvalue weighted by Crippen LogP contribution is -1.79. The fourth-order valence-electron chi connectivity index (χ4n) is 1.72. The van der Waals surface area contributed by atoms with E-state index in [-0.39, 0.29) is 5.76 Å². The highest BCUT2D eigenvalue weighted by molar-refractivity contribution is 5.59. The van der Waals surface area contributed by atoms with Crippen molar-refractivity contribution in [1.82, 2.24) is 0 Å². The normalized spacial score (nSPS) is 11.9. The van der Waals surface area contributed by atoms with Gasteiger partial charge in [0, 0.05) is 0 Å². The molecule has 0 saturated heterocycles. The molecule has 2 aromatic rings. The van der Waals surface area contributed by atoms with Crippen molar-refractivity contribution in [2.75, 3.05) is 0 Å². The number of allylic oxidation sites excluding steroid dienone is 1. The minimum Gasteiger partial charge on any atom is -0.508 e. The Morgan fingerprint density at radius 2 is 1.67 bits per heavy atom. The predicted molar refractivity (Wildman–Crippen MR) is 77.3 cm³/mol. The maximum Gasteiger partial charge on any atom is 0.116 e. The molecular formula is C17H16O. The van der Waals surface area contributed by atoms with Gasteiger partial charge >= 0.3 is 0 Å². The summed E-state index contributed by atoms with van der Waals surface area (Å²) in [6.07, 6.45) is 5.35. The van der Waals surface area contributed by atoms with Crippen molar-refractivity contribution < 1.29 is 5.11 Å². The zero-order chi connectivity index (χ0) is 12.8. The first-order chi connectivity index (χ1) is 8.74. The molecule has 2 aromatic carbocycles. The molecule has 0 atom stereocenters. The average molecular weight is 236 g/mol. The van der Waals surface area contributed by atoms with Crippen LogP contribution in [0.2, 0.25) is 0 Å². The molecule has 0 unspecified atom stereocenters. The van der Waals surface area contributed by atoms with E-state index in [2.05, 4.69) is 0 Å². The Morgan fingerprint density at radius 3 is 2.39 bits per heavy atom. The largest absolute Gasteiger partial charge is 0.508 e. The molecule has 0 aliphatic heterocycles. The Balaban J connectivity index is 2.12. The summed E-state index contributed by atoms with van der Waals surface area (Å²) in [7, 11) is 0. The molecule has 0 bridgehead atoms. The third-order valence-corrected chi connectivity index (χ3v) is 2.60. The van der Waals surface area contributed by atoms with Crippen LogP contribution in [0.5, 0.6) is 0 Å². The van der Waals surface area contributed by atoms with Crippen molar-refractivity contribution in [2.45, 2.75) is 6.92 Å². The van der Waals surface area contributed by atoms with E-state index >= 15 is 0 Å². The van der Waals surface area contributed by atoms with E-state index in [4.69, 9.17) is 0 Å². The molecule has 0 radical (unpaired) electrons. The van der Waals surface area contributed by atoms with E-state index in [0.29, 0.717) is 0 Å². The van der Waals surface area contributed by atoms with Crippen LogP contribution in [0.15, 0.2) is 66.4 Å². The maximum absolute atomic E-state index is 9.83. The molecule has 1 nitrogen and oxygen atoms in total. The molecule has 0 aliphatic carbocycles. The smallest absolute Gasteiger partial charge is 0.116 e. The molecule has 0 saturated carbocycles. The van der Waals surface area contributed by atoms with Gasteiger partial charge in [0.05, 0.1) is 0 Å². The lowest BCUT2D eigenvalue weighted by Gasteiger charge is -1.97. The van der Waals surface area contributed by atoms with Crippen LogP contribution in [0.1, 0.15) is 16.7 Å². The van der Waals surface area contributed by atoms with Gasteiger partial charge in [-0.1, -0.05) is 66.2 Å². The third-order valence-electron chi connectivity index (χ3n) is 2.60. The Labute approximate surface area is 108 Å². The van der Waals surface area contributed by atoms with E-state index in [0.717, 1.165) is 11.1 Å². The predicted octanol–water partition coefficient (Wildman–Crippen LogP) is 4.61. The highest BCUT2D eigenvalue weighted by atomic mass is 16.3. The Bertz CT molecular complexity index is 565. The van der Waals surface area contributed by atoms with Crippen LogP contribution in [0.3, 0.4) is 0 Å².